The Balaban J connectivity index is 2.31. The van der Waals surface area contributed by atoms with Crippen LogP contribution in [0.15, 0.2) is 53.7 Å². The van der Waals surface area contributed by atoms with E-state index in [9.17, 15) is 0 Å². The van der Waals surface area contributed by atoms with Crippen molar-refractivity contribution in [3.05, 3.63) is 65.2 Å². The molecule has 5 nitrogen and oxygen atoms in total. The summed E-state index contributed by atoms with van der Waals surface area (Å²) in [6.07, 6.45) is 0. The number of benzene rings is 2. The Morgan fingerprint density at radius 1 is 1.08 bits per heavy atom. The maximum Gasteiger partial charge on any atom is 0.152 e. The topological polar surface area (TPSA) is 57.9 Å². The zero-order chi connectivity index (χ0) is 17.5. The van der Waals surface area contributed by atoms with Gasteiger partial charge in [-0.05, 0) is 24.1 Å². The van der Waals surface area contributed by atoms with Gasteiger partial charge in [0, 0.05) is 19.7 Å². The highest BCUT2D eigenvalue weighted by atomic mass is 16.6. The van der Waals surface area contributed by atoms with E-state index in [2.05, 4.69) is 5.16 Å². The van der Waals surface area contributed by atoms with E-state index in [0.29, 0.717) is 12.3 Å². The number of nitrogens with zero attached hydrogens (tertiary/aromatic N) is 2. The predicted molar refractivity (Wildman–Crippen MR) is 96.9 cm³/mol. The van der Waals surface area contributed by atoms with Crippen molar-refractivity contribution in [2.24, 2.45) is 5.16 Å². The molecule has 1 N–H and O–H groups in total. The van der Waals surface area contributed by atoms with Crippen molar-refractivity contribution in [2.75, 3.05) is 21.2 Å². The van der Waals surface area contributed by atoms with Crippen molar-refractivity contribution >= 4 is 11.5 Å². The van der Waals surface area contributed by atoms with Gasteiger partial charge in [0.2, 0.25) is 0 Å². The van der Waals surface area contributed by atoms with Crippen LogP contribution in [0, 0.1) is 12.3 Å². The third kappa shape index (κ3) is 4.13. The summed E-state index contributed by atoms with van der Waals surface area (Å²) in [4.78, 5) is 6.64. The molecule has 2 aromatic rings. The predicted octanol–water partition coefficient (Wildman–Crippen LogP) is 3.46. The van der Waals surface area contributed by atoms with Gasteiger partial charge < -0.3 is 14.5 Å². The lowest BCUT2D eigenvalue weighted by Gasteiger charge is -2.18. The van der Waals surface area contributed by atoms with Gasteiger partial charge in [0.15, 0.2) is 11.5 Å². The van der Waals surface area contributed by atoms with Gasteiger partial charge >= 0.3 is 0 Å². The molecular formula is C19H23N3O2. The molecule has 0 amide bonds. The molecule has 0 unspecified atom stereocenters. The maximum absolute atomic E-state index is 8.24. The minimum Gasteiger partial charge on any atom is -0.489 e. The molecule has 0 saturated heterocycles. The summed E-state index contributed by atoms with van der Waals surface area (Å²) in [6.45, 7) is 2.41. The number of hydrogen-bond donors (Lipinski definition) is 1. The van der Waals surface area contributed by atoms with E-state index in [1.54, 1.807) is 19.0 Å². The van der Waals surface area contributed by atoms with Gasteiger partial charge in [0.05, 0.1) is 0 Å². The molecule has 0 heterocycles. The number of hydrogen-bond acceptors (Lipinski definition) is 4. The molecular weight excluding hydrogens is 302 g/mol. The van der Waals surface area contributed by atoms with Crippen LogP contribution in [0.3, 0.4) is 0 Å². The third-order valence-electron chi connectivity index (χ3n) is 3.60. The van der Waals surface area contributed by atoms with Gasteiger partial charge in [-0.1, -0.05) is 47.6 Å². The number of para-hydroxylation sites is 1. The first-order chi connectivity index (χ1) is 11.5. The molecule has 0 fully saturated rings. The maximum atomic E-state index is 8.24. The van der Waals surface area contributed by atoms with Crippen LogP contribution in [0.25, 0.3) is 0 Å². The monoisotopic (exact) mass is 325 g/mol. The summed E-state index contributed by atoms with van der Waals surface area (Å²) in [5, 5.41) is 12.3. The molecule has 24 heavy (non-hydrogen) atoms. The van der Waals surface area contributed by atoms with Crippen molar-refractivity contribution in [3.8, 4) is 5.75 Å². The van der Waals surface area contributed by atoms with Crippen molar-refractivity contribution in [1.82, 2.24) is 4.90 Å². The molecule has 126 valence electrons. The minimum atomic E-state index is 0.278. The second-order valence-corrected chi connectivity index (χ2v) is 5.58. The van der Waals surface area contributed by atoms with E-state index in [-0.39, 0.29) is 5.84 Å². The number of oxime groups is 1. The standard InChI is InChI=1S/C19H23N3O2/c1-14-9-5-8-12-17(14)24-13-15-10-6-7-11-16(15)18(21-23-4)19(20)22(2)3/h5-12,20H,13H2,1-4H3/b20-19?,21-18-. The summed E-state index contributed by atoms with van der Waals surface area (Å²) in [6, 6.07) is 15.7. The molecule has 5 heteroatoms. The molecule has 0 aliphatic rings. The van der Waals surface area contributed by atoms with Crippen LogP contribution in [0.4, 0.5) is 0 Å². The molecule has 2 aromatic carbocycles. The highest BCUT2D eigenvalue weighted by molar-refractivity contribution is 6.46. The molecule has 0 aliphatic heterocycles. The van der Waals surface area contributed by atoms with Crippen LogP contribution < -0.4 is 4.74 Å². The average molecular weight is 325 g/mol. The molecule has 0 saturated carbocycles. The first-order valence-electron chi connectivity index (χ1n) is 7.68. The quantitative estimate of drug-likeness (QED) is 0.503. The summed E-state index contributed by atoms with van der Waals surface area (Å²) in [5.41, 5.74) is 3.34. The Morgan fingerprint density at radius 3 is 2.42 bits per heavy atom. The fraction of sp³-hybridized carbons (Fsp3) is 0.263. The lowest BCUT2D eigenvalue weighted by Crippen LogP contribution is -2.31. The van der Waals surface area contributed by atoms with E-state index in [1.165, 1.54) is 7.11 Å². The van der Waals surface area contributed by atoms with Crippen LogP contribution in [0.5, 0.6) is 5.75 Å². The lowest BCUT2D eigenvalue weighted by molar-refractivity contribution is 0.214. The largest absolute Gasteiger partial charge is 0.489 e. The Labute approximate surface area is 143 Å². The number of likely N-dealkylation sites (N-methyl/N-ethyl adjacent to an activating group) is 1. The highest BCUT2D eigenvalue weighted by Gasteiger charge is 2.17. The molecule has 0 aromatic heterocycles. The summed E-state index contributed by atoms with van der Waals surface area (Å²) < 4.78 is 5.95. The second-order valence-electron chi connectivity index (χ2n) is 5.58. The molecule has 0 radical (unpaired) electrons. The molecule has 0 spiro atoms. The van der Waals surface area contributed by atoms with Crippen molar-refractivity contribution < 1.29 is 9.57 Å². The highest BCUT2D eigenvalue weighted by Crippen LogP contribution is 2.20. The molecule has 2 rings (SSSR count). The number of rotatable bonds is 6. The Kier molecular flexibility index (Phi) is 5.95. The van der Waals surface area contributed by atoms with Crippen LogP contribution in [-0.2, 0) is 11.4 Å². The number of aryl methyl sites for hydroxylation is 1. The van der Waals surface area contributed by atoms with Crippen LogP contribution >= 0.6 is 0 Å². The normalized spacial score (nSPS) is 11.1. The Bertz CT molecular complexity index is 739. The number of amidine groups is 1. The smallest absolute Gasteiger partial charge is 0.152 e. The van der Waals surface area contributed by atoms with Gasteiger partial charge in [-0.2, -0.15) is 0 Å². The summed E-state index contributed by atoms with van der Waals surface area (Å²) in [5.74, 6) is 1.13. The first-order valence-corrected chi connectivity index (χ1v) is 7.68. The Morgan fingerprint density at radius 2 is 1.75 bits per heavy atom. The van der Waals surface area contributed by atoms with Crippen LogP contribution in [0.1, 0.15) is 16.7 Å². The van der Waals surface area contributed by atoms with E-state index in [4.69, 9.17) is 15.0 Å². The van der Waals surface area contributed by atoms with Crippen LogP contribution in [-0.4, -0.2) is 37.7 Å². The lowest BCUT2D eigenvalue weighted by atomic mass is 10.0. The Hall–Kier alpha value is -2.82. The average Bonchev–Trinajstić information content (AvgIpc) is 2.59. The van der Waals surface area contributed by atoms with Gasteiger partial charge in [0.25, 0.3) is 0 Å². The second kappa shape index (κ2) is 8.15. The van der Waals surface area contributed by atoms with Crippen LogP contribution in [0.2, 0.25) is 0 Å². The van der Waals surface area contributed by atoms with Gasteiger partial charge in [0.1, 0.15) is 19.5 Å². The van der Waals surface area contributed by atoms with Gasteiger partial charge in [-0.15, -0.1) is 0 Å². The zero-order valence-corrected chi connectivity index (χ0v) is 14.5. The fourth-order valence-electron chi connectivity index (χ4n) is 2.27. The minimum absolute atomic E-state index is 0.278. The zero-order valence-electron chi connectivity index (χ0n) is 14.5. The van der Waals surface area contributed by atoms with E-state index >= 15 is 0 Å². The fourth-order valence-corrected chi connectivity index (χ4v) is 2.27. The van der Waals surface area contributed by atoms with E-state index in [1.807, 2.05) is 55.5 Å². The first kappa shape index (κ1) is 17.5. The van der Waals surface area contributed by atoms with Crippen molar-refractivity contribution in [2.45, 2.75) is 13.5 Å². The van der Waals surface area contributed by atoms with E-state index < -0.39 is 0 Å². The summed E-state index contributed by atoms with van der Waals surface area (Å²) >= 11 is 0. The third-order valence-corrected chi connectivity index (χ3v) is 3.60. The molecule has 0 bridgehead atoms. The molecule has 0 atom stereocenters. The summed E-state index contributed by atoms with van der Waals surface area (Å²) in [7, 11) is 5.09. The van der Waals surface area contributed by atoms with Gasteiger partial charge in [-0.3, -0.25) is 5.41 Å². The molecule has 0 aliphatic carbocycles. The number of ether oxygens (including phenoxy) is 1. The van der Waals surface area contributed by atoms with Crippen molar-refractivity contribution in [1.29, 1.82) is 5.41 Å². The van der Waals surface area contributed by atoms with Crippen molar-refractivity contribution in [3.63, 3.8) is 0 Å². The van der Waals surface area contributed by atoms with Gasteiger partial charge in [-0.25, -0.2) is 0 Å². The van der Waals surface area contributed by atoms with E-state index in [0.717, 1.165) is 22.4 Å². The SMILES string of the molecule is CO/N=C(\C(=N)N(C)C)c1ccccc1COc1ccccc1C. The number of nitrogens with one attached hydrogen (secondary N) is 1.